The van der Waals surface area contributed by atoms with Gasteiger partial charge in [0.1, 0.15) is 6.61 Å². The molecular formula is C16H11ClF2O6S. The number of carbonyl (C=O) groups is 1. The number of halogens is 3. The van der Waals surface area contributed by atoms with Crippen molar-refractivity contribution in [1.29, 1.82) is 0 Å². The van der Waals surface area contributed by atoms with Gasteiger partial charge in [-0.2, -0.15) is 8.78 Å². The molecule has 0 unspecified atom stereocenters. The van der Waals surface area contributed by atoms with Gasteiger partial charge in [0.2, 0.25) is 16.6 Å². The molecule has 6 nitrogen and oxygen atoms in total. The van der Waals surface area contributed by atoms with Gasteiger partial charge in [0.05, 0.1) is 15.5 Å². The van der Waals surface area contributed by atoms with E-state index in [1.807, 2.05) is 0 Å². The SMILES string of the molecule is O=C(OCc1cc(Cl)c2c(c1)OCO2)c1ccc(S(=O)(=O)C(F)F)cc1. The van der Waals surface area contributed by atoms with E-state index >= 15 is 0 Å². The van der Waals surface area contributed by atoms with Crippen LogP contribution in [0.4, 0.5) is 8.78 Å². The largest absolute Gasteiger partial charge is 0.457 e. The average Bonchev–Trinajstić information content (AvgIpc) is 3.09. The second-order valence-corrected chi connectivity index (χ2v) is 7.54. The van der Waals surface area contributed by atoms with Crippen LogP contribution in [0.15, 0.2) is 41.3 Å². The fourth-order valence-electron chi connectivity index (χ4n) is 2.22. The molecule has 2 aromatic carbocycles. The Bertz CT molecular complexity index is 944. The van der Waals surface area contributed by atoms with Gasteiger partial charge in [-0.1, -0.05) is 11.6 Å². The summed E-state index contributed by atoms with van der Waals surface area (Å²) >= 11 is 6.03. The molecule has 0 atom stereocenters. The van der Waals surface area contributed by atoms with Crippen molar-refractivity contribution in [2.75, 3.05) is 6.79 Å². The number of carbonyl (C=O) groups excluding carboxylic acids is 1. The Morgan fingerprint density at radius 2 is 1.88 bits per heavy atom. The van der Waals surface area contributed by atoms with E-state index in [2.05, 4.69) is 0 Å². The standard InChI is InChI=1S/C16H11ClF2O6S/c17-12-5-9(6-13-14(12)25-8-24-13)7-23-15(20)10-1-3-11(4-2-10)26(21,22)16(18)19/h1-6,16H,7-8H2. The first-order chi connectivity index (χ1) is 12.3. The topological polar surface area (TPSA) is 78.9 Å². The van der Waals surface area contributed by atoms with Crippen LogP contribution in [0.5, 0.6) is 11.5 Å². The highest BCUT2D eigenvalue weighted by molar-refractivity contribution is 7.91. The lowest BCUT2D eigenvalue weighted by Crippen LogP contribution is -2.12. The molecule has 1 heterocycles. The van der Waals surface area contributed by atoms with Crippen molar-refractivity contribution in [2.24, 2.45) is 0 Å². The first kappa shape index (κ1) is 18.4. The zero-order chi connectivity index (χ0) is 18.9. The Morgan fingerprint density at radius 1 is 1.19 bits per heavy atom. The minimum Gasteiger partial charge on any atom is -0.457 e. The molecule has 0 amide bonds. The van der Waals surface area contributed by atoms with Gasteiger partial charge in [-0.3, -0.25) is 0 Å². The number of sulfone groups is 1. The summed E-state index contributed by atoms with van der Waals surface area (Å²) in [7, 11) is -4.71. The number of ether oxygens (including phenoxy) is 3. The summed E-state index contributed by atoms with van der Waals surface area (Å²) in [5.41, 5.74) is 0.578. The van der Waals surface area contributed by atoms with Gasteiger partial charge in [0.15, 0.2) is 11.5 Å². The Balaban J connectivity index is 1.68. The summed E-state index contributed by atoms with van der Waals surface area (Å²) in [4.78, 5) is 11.4. The van der Waals surface area contributed by atoms with Crippen LogP contribution in [0.25, 0.3) is 0 Å². The highest BCUT2D eigenvalue weighted by Gasteiger charge is 2.26. The lowest BCUT2D eigenvalue weighted by atomic mass is 10.2. The van der Waals surface area contributed by atoms with Crippen LogP contribution in [0.3, 0.4) is 0 Å². The van der Waals surface area contributed by atoms with E-state index in [4.69, 9.17) is 25.8 Å². The number of hydrogen-bond acceptors (Lipinski definition) is 6. The number of alkyl halides is 2. The zero-order valence-corrected chi connectivity index (χ0v) is 14.5. The summed E-state index contributed by atoms with van der Waals surface area (Å²) in [6, 6.07) is 7.22. The van der Waals surface area contributed by atoms with Gasteiger partial charge >= 0.3 is 11.7 Å². The lowest BCUT2D eigenvalue weighted by Gasteiger charge is -2.08. The molecule has 3 rings (SSSR count). The molecular weight excluding hydrogens is 394 g/mol. The van der Waals surface area contributed by atoms with Crippen molar-refractivity contribution in [1.82, 2.24) is 0 Å². The predicted molar refractivity (Wildman–Crippen MR) is 86.3 cm³/mol. The van der Waals surface area contributed by atoms with E-state index in [-0.39, 0.29) is 19.0 Å². The van der Waals surface area contributed by atoms with Crippen molar-refractivity contribution in [3.8, 4) is 11.5 Å². The fourth-order valence-corrected chi connectivity index (χ4v) is 3.23. The maximum Gasteiger partial charge on any atom is 0.341 e. The first-order valence-corrected chi connectivity index (χ1v) is 9.09. The molecule has 0 spiro atoms. The van der Waals surface area contributed by atoms with Gasteiger partial charge in [-0.15, -0.1) is 0 Å². The third kappa shape index (κ3) is 3.58. The molecule has 1 aliphatic rings. The van der Waals surface area contributed by atoms with Crippen LogP contribution in [-0.2, 0) is 21.2 Å². The number of benzene rings is 2. The van der Waals surface area contributed by atoms with E-state index in [0.717, 1.165) is 24.3 Å². The van der Waals surface area contributed by atoms with Crippen molar-refractivity contribution < 1.29 is 36.2 Å². The van der Waals surface area contributed by atoms with Crippen molar-refractivity contribution in [2.45, 2.75) is 17.3 Å². The van der Waals surface area contributed by atoms with Gasteiger partial charge in [0, 0.05) is 0 Å². The third-order valence-electron chi connectivity index (χ3n) is 3.51. The van der Waals surface area contributed by atoms with Gasteiger partial charge < -0.3 is 14.2 Å². The van der Waals surface area contributed by atoms with E-state index in [1.165, 1.54) is 0 Å². The Hall–Kier alpha value is -2.39. The number of rotatable bonds is 5. The second-order valence-electron chi connectivity index (χ2n) is 5.22. The number of fused-ring (bicyclic) bond motifs is 1. The summed E-state index contributed by atoms with van der Waals surface area (Å²) in [6.45, 7) is -0.0710. The van der Waals surface area contributed by atoms with Gasteiger partial charge in [-0.25, -0.2) is 13.2 Å². The summed E-state index contributed by atoms with van der Waals surface area (Å²) in [6.07, 6.45) is 0. The molecule has 1 aliphatic heterocycles. The van der Waals surface area contributed by atoms with Gasteiger partial charge in [0.25, 0.3) is 0 Å². The second kappa shape index (κ2) is 7.08. The molecule has 10 heteroatoms. The molecule has 0 bridgehead atoms. The Labute approximate surface area is 152 Å². The average molecular weight is 405 g/mol. The molecule has 138 valence electrons. The molecule has 2 aromatic rings. The van der Waals surface area contributed by atoms with E-state index < -0.39 is 26.5 Å². The normalized spacial score (nSPS) is 13.1. The molecule has 0 fully saturated rings. The summed E-state index contributed by atoms with van der Waals surface area (Å²) in [5, 5.41) is 0.313. The highest BCUT2D eigenvalue weighted by Crippen LogP contribution is 2.39. The van der Waals surface area contributed by atoms with Crippen LogP contribution in [0.1, 0.15) is 15.9 Å². The molecule has 26 heavy (non-hydrogen) atoms. The molecule has 0 saturated carbocycles. The Morgan fingerprint density at radius 3 is 2.54 bits per heavy atom. The lowest BCUT2D eigenvalue weighted by molar-refractivity contribution is 0.0472. The molecule has 0 aromatic heterocycles. The number of hydrogen-bond donors (Lipinski definition) is 0. The van der Waals surface area contributed by atoms with E-state index in [1.54, 1.807) is 12.1 Å². The fraction of sp³-hybridized carbons (Fsp3) is 0.188. The van der Waals surface area contributed by atoms with Crippen LogP contribution in [0.2, 0.25) is 5.02 Å². The van der Waals surface area contributed by atoms with Crippen LogP contribution >= 0.6 is 11.6 Å². The quantitative estimate of drug-likeness (QED) is 0.710. The van der Waals surface area contributed by atoms with Crippen molar-refractivity contribution in [3.05, 3.63) is 52.5 Å². The summed E-state index contributed by atoms with van der Waals surface area (Å²) < 4.78 is 63.2. The molecule has 0 aliphatic carbocycles. The number of esters is 1. The van der Waals surface area contributed by atoms with Crippen LogP contribution in [-0.4, -0.2) is 26.9 Å². The molecule has 0 radical (unpaired) electrons. The van der Waals surface area contributed by atoms with E-state index in [0.29, 0.717) is 22.1 Å². The minimum atomic E-state index is -4.71. The highest BCUT2D eigenvalue weighted by atomic mass is 35.5. The van der Waals surface area contributed by atoms with Crippen LogP contribution in [0, 0.1) is 0 Å². The maximum atomic E-state index is 12.5. The summed E-state index contributed by atoms with van der Waals surface area (Å²) in [5.74, 6) is -3.43. The maximum absolute atomic E-state index is 12.5. The third-order valence-corrected chi connectivity index (χ3v) is 5.19. The zero-order valence-electron chi connectivity index (χ0n) is 12.9. The monoisotopic (exact) mass is 404 g/mol. The van der Waals surface area contributed by atoms with Gasteiger partial charge in [-0.05, 0) is 42.0 Å². The first-order valence-electron chi connectivity index (χ1n) is 7.16. The molecule has 0 N–H and O–H groups in total. The van der Waals surface area contributed by atoms with E-state index in [9.17, 15) is 22.0 Å². The van der Waals surface area contributed by atoms with Crippen LogP contribution < -0.4 is 9.47 Å². The molecule has 0 saturated heterocycles. The minimum absolute atomic E-state index is 0.0186. The van der Waals surface area contributed by atoms with Crippen molar-refractivity contribution in [3.63, 3.8) is 0 Å². The van der Waals surface area contributed by atoms with Crippen molar-refractivity contribution >= 4 is 27.4 Å². The smallest absolute Gasteiger partial charge is 0.341 e. The predicted octanol–water partition coefficient (Wildman–Crippen LogP) is 3.42. The Kier molecular flexibility index (Phi) is 5.01.